The summed E-state index contributed by atoms with van der Waals surface area (Å²) < 4.78 is 23.2. The van der Waals surface area contributed by atoms with Crippen molar-refractivity contribution in [2.75, 3.05) is 20.8 Å². The van der Waals surface area contributed by atoms with Gasteiger partial charge in [-0.1, -0.05) is 18.2 Å². The van der Waals surface area contributed by atoms with E-state index in [9.17, 15) is 9.59 Å². The van der Waals surface area contributed by atoms with E-state index >= 15 is 0 Å². The Bertz CT molecular complexity index is 1050. The van der Waals surface area contributed by atoms with Gasteiger partial charge in [0.25, 0.3) is 0 Å². The Labute approximate surface area is 195 Å². The third-order valence-corrected chi connectivity index (χ3v) is 6.57. The van der Waals surface area contributed by atoms with Crippen molar-refractivity contribution in [3.8, 4) is 28.4 Å². The Morgan fingerprint density at radius 1 is 0.939 bits per heavy atom. The minimum Gasteiger partial charge on any atom is -0.493 e. The average molecular weight is 453 g/mol. The van der Waals surface area contributed by atoms with Crippen molar-refractivity contribution < 1.29 is 28.5 Å². The number of carbonyl (C=O) groups excluding carboxylic acids is 2. The molecule has 2 aliphatic rings. The molecule has 0 N–H and O–H groups in total. The van der Waals surface area contributed by atoms with Crippen LogP contribution in [0.1, 0.15) is 61.9 Å². The summed E-state index contributed by atoms with van der Waals surface area (Å²) in [6, 6.07) is 9.50. The van der Waals surface area contributed by atoms with Gasteiger partial charge in [-0.2, -0.15) is 0 Å². The van der Waals surface area contributed by atoms with E-state index in [1.165, 1.54) is 0 Å². The predicted molar refractivity (Wildman–Crippen MR) is 125 cm³/mol. The van der Waals surface area contributed by atoms with Crippen LogP contribution in [0.15, 0.2) is 30.3 Å². The van der Waals surface area contributed by atoms with Gasteiger partial charge in [0.2, 0.25) is 5.75 Å². The van der Waals surface area contributed by atoms with Gasteiger partial charge >= 0.3 is 5.97 Å². The number of esters is 1. The number of methoxy groups -OCH3 is 2. The first-order chi connectivity index (χ1) is 15.9. The minimum absolute atomic E-state index is 0.00290. The lowest BCUT2D eigenvalue weighted by Gasteiger charge is -2.26. The summed E-state index contributed by atoms with van der Waals surface area (Å²) in [6.07, 6.45) is 5.26. The molecule has 6 heteroatoms. The number of Topliss-reactive ketones (excluding diaryl/α,β-unsaturated/α-hetero) is 1. The van der Waals surface area contributed by atoms with Gasteiger partial charge in [-0.25, -0.2) is 0 Å². The molecule has 2 aliphatic carbocycles. The topological polar surface area (TPSA) is 71.1 Å². The van der Waals surface area contributed by atoms with E-state index in [2.05, 4.69) is 0 Å². The van der Waals surface area contributed by atoms with E-state index in [0.29, 0.717) is 30.1 Å². The molecular weight excluding hydrogens is 420 g/mol. The molecule has 0 aliphatic heterocycles. The number of fused-ring (bicyclic) bond motifs is 1. The van der Waals surface area contributed by atoms with Gasteiger partial charge in [-0.05, 0) is 69.2 Å². The van der Waals surface area contributed by atoms with Gasteiger partial charge in [0.05, 0.1) is 19.6 Å². The Morgan fingerprint density at radius 3 is 2.36 bits per heavy atom. The third-order valence-electron chi connectivity index (χ3n) is 6.57. The molecular formula is C27H32O6. The molecule has 0 radical (unpaired) electrons. The van der Waals surface area contributed by atoms with Crippen molar-refractivity contribution in [3.63, 3.8) is 0 Å². The first kappa shape index (κ1) is 23.1. The molecule has 0 spiro atoms. The van der Waals surface area contributed by atoms with Gasteiger partial charge in [0.1, 0.15) is 12.7 Å². The van der Waals surface area contributed by atoms with Crippen LogP contribution in [0.25, 0.3) is 11.1 Å². The number of rotatable bonds is 8. The van der Waals surface area contributed by atoms with Crippen LogP contribution in [0, 0.1) is 5.41 Å². The second-order valence-electron chi connectivity index (χ2n) is 9.42. The van der Waals surface area contributed by atoms with Crippen LogP contribution < -0.4 is 14.2 Å². The highest BCUT2D eigenvalue weighted by molar-refractivity contribution is 6.02. The van der Waals surface area contributed by atoms with Gasteiger partial charge in [-0.15, -0.1) is 0 Å². The summed E-state index contributed by atoms with van der Waals surface area (Å²) in [5.74, 6) is 1.38. The maximum atomic E-state index is 12.9. The van der Waals surface area contributed by atoms with Crippen molar-refractivity contribution in [2.45, 2.75) is 58.5 Å². The normalized spacial score (nSPS) is 15.9. The Balaban J connectivity index is 1.67. The molecule has 1 fully saturated rings. The van der Waals surface area contributed by atoms with E-state index < -0.39 is 5.41 Å². The summed E-state index contributed by atoms with van der Waals surface area (Å²) in [6.45, 7) is 3.77. The number of ketones is 1. The maximum absolute atomic E-state index is 12.9. The monoisotopic (exact) mass is 452 g/mol. The maximum Gasteiger partial charge on any atom is 0.315 e. The van der Waals surface area contributed by atoms with Crippen LogP contribution in [0.3, 0.4) is 0 Å². The first-order valence-corrected chi connectivity index (χ1v) is 11.6. The Kier molecular flexibility index (Phi) is 6.63. The molecule has 2 aromatic carbocycles. The van der Waals surface area contributed by atoms with Crippen LogP contribution in [0.2, 0.25) is 0 Å². The van der Waals surface area contributed by atoms with E-state index in [1.54, 1.807) is 14.2 Å². The highest BCUT2D eigenvalue weighted by Crippen LogP contribution is 2.47. The smallest absolute Gasteiger partial charge is 0.315 e. The lowest BCUT2D eigenvalue weighted by Crippen LogP contribution is -2.35. The van der Waals surface area contributed by atoms with Gasteiger partial charge in [0, 0.05) is 17.5 Å². The molecule has 0 unspecified atom stereocenters. The van der Waals surface area contributed by atoms with E-state index in [-0.39, 0.29) is 24.5 Å². The van der Waals surface area contributed by atoms with Crippen molar-refractivity contribution in [3.05, 3.63) is 41.5 Å². The Hall–Kier alpha value is -3.02. The summed E-state index contributed by atoms with van der Waals surface area (Å²) in [7, 11) is 3.13. The predicted octanol–water partition coefficient (Wildman–Crippen LogP) is 5.39. The molecule has 33 heavy (non-hydrogen) atoms. The second-order valence-corrected chi connectivity index (χ2v) is 9.42. The zero-order valence-corrected chi connectivity index (χ0v) is 19.9. The van der Waals surface area contributed by atoms with Crippen LogP contribution in [-0.2, 0) is 16.0 Å². The van der Waals surface area contributed by atoms with Crippen molar-refractivity contribution >= 4 is 11.8 Å². The molecule has 0 heterocycles. The van der Waals surface area contributed by atoms with Gasteiger partial charge in [-0.3, -0.25) is 9.59 Å². The SMILES string of the molecule is COc1ccc(-c2cccc3c2CCC3=O)c(OCC(C)(C)C(=O)OC2CCCC2)c1OC. The number of ether oxygens (including phenoxy) is 4. The molecule has 0 aromatic heterocycles. The molecule has 4 rings (SSSR count). The zero-order valence-electron chi connectivity index (χ0n) is 19.9. The Morgan fingerprint density at radius 2 is 1.67 bits per heavy atom. The highest BCUT2D eigenvalue weighted by Gasteiger charge is 2.34. The molecule has 0 saturated heterocycles. The van der Waals surface area contributed by atoms with Gasteiger partial charge < -0.3 is 18.9 Å². The first-order valence-electron chi connectivity index (χ1n) is 11.6. The fourth-order valence-corrected chi connectivity index (χ4v) is 4.63. The van der Waals surface area contributed by atoms with Crippen LogP contribution in [0.5, 0.6) is 17.2 Å². The fraction of sp³-hybridized carbons (Fsp3) is 0.481. The van der Waals surface area contributed by atoms with E-state index in [4.69, 9.17) is 18.9 Å². The largest absolute Gasteiger partial charge is 0.493 e. The summed E-state index contributed by atoms with van der Waals surface area (Å²) >= 11 is 0. The molecule has 2 aromatic rings. The van der Waals surface area contributed by atoms with Crippen LogP contribution >= 0.6 is 0 Å². The standard InChI is InChI=1S/C27H32O6/c1-27(2,26(29)33-17-8-5-6-9-17)16-32-24-21(13-15-23(30-3)25(24)31-4)18-10-7-11-20-19(18)12-14-22(20)28/h7,10-11,13,15,17H,5-6,8-9,12,14,16H2,1-4H3. The lowest BCUT2D eigenvalue weighted by molar-refractivity contribution is -0.161. The van der Waals surface area contributed by atoms with Crippen molar-refractivity contribution in [1.29, 1.82) is 0 Å². The highest BCUT2D eigenvalue weighted by atomic mass is 16.6. The minimum atomic E-state index is -0.845. The zero-order chi connectivity index (χ0) is 23.6. The number of benzene rings is 2. The fourth-order valence-electron chi connectivity index (χ4n) is 4.63. The molecule has 0 amide bonds. The number of hydrogen-bond donors (Lipinski definition) is 0. The number of hydrogen-bond acceptors (Lipinski definition) is 6. The van der Waals surface area contributed by atoms with Crippen LogP contribution in [-0.4, -0.2) is 38.7 Å². The van der Waals surface area contributed by atoms with Crippen LogP contribution in [0.4, 0.5) is 0 Å². The summed E-state index contributed by atoms with van der Waals surface area (Å²) in [5.41, 5.74) is 2.66. The molecule has 176 valence electrons. The summed E-state index contributed by atoms with van der Waals surface area (Å²) in [4.78, 5) is 25.2. The number of carbonyl (C=O) groups is 2. The molecule has 0 atom stereocenters. The van der Waals surface area contributed by atoms with Gasteiger partial charge in [0.15, 0.2) is 17.3 Å². The average Bonchev–Trinajstić information content (AvgIpc) is 3.46. The second kappa shape index (κ2) is 9.46. The van der Waals surface area contributed by atoms with Crippen molar-refractivity contribution in [1.82, 2.24) is 0 Å². The van der Waals surface area contributed by atoms with Crippen molar-refractivity contribution in [2.24, 2.45) is 5.41 Å². The van der Waals surface area contributed by atoms with E-state index in [0.717, 1.165) is 47.9 Å². The molecule has 0 bridgehead atoms. The molecule has 1 saturated carbocycles. The quantitative estimate of drug-likeness (QED) is 0.500. The molecule has 6 nitrogen and oxygen atoms in total. The van der Waals surface area contributed by atoms with E-state index in [1.807, 2.05) is 44.2 Å². The lowest BCUT2D eigenvalue weighted by atomic mass is 9.94. The third kappa shape index (κ3) is 4.56. The summed E-state index contributed by atoms with van der Waals surface area (Å²) in [5, 5.41) is 0.